The Labute approximate surface area is 130 Å². The summed E-state index contributed by atoms with van der Waals surface area (Å²) in [5.74, 6) is 0.146. The second kappa shape index (κ2) is 6.34. The summed E-state index contributed by atoms with van der Waals surface area (Å²) in [7, 11) is -4.20. The molecule has 23 heavy (non-hydrogen) atoms. The summed E-state index contributed by atoms with van der Waals surface area (Å²) >= 11 is 0. The van der Waals surface area contributed by atoms with Crippen LogP contribution in [0, 0.1) is 6.92 Å². The van der Waals surface area contributed by atoms with Crippen molar-refractivity contribution in [1.29, 1.82) is 0 Å². The Morgan fingerprint density at radius 1 is 1.30 bits per heavy atom. The maximum absolute atomic E-state index is 12.8. The fraction of sp³-hybridized carbons (Fsp3) is 0.286. The van der Waals surface area contributed by atoms with Crippen LogP contribution in [0.25, 0.3) is 0 Å². The fourth-order valence-corrected chi connectivity index (χ4v) is 2.99. The first-order chi connectivity index (χ1) is 10.6. The summed E-state index contributed by atoms with van der Waals surface area (Å²) in [6.45, 7) is 0.818. The molecule has 2 aromatic rings. The quantitative estimate of drug-likeness (QED) is 0.870. The van der Waals surface area contributed by atoms with Gasteiger partial charge in [-0.1, -0.05) is 6.07 Å². The number of hydrogen-bond donors (Lipinski definition) is 2. The third kappa shape index (κ3) is 4.12. The van der Waals surface area contributed by atoms with E-state index in [-0.39, 0.29) is 11.3 Å². The predicted octanol–water partition coefficient (Wildman–Crippen LogP) is 2.62. The van der Waals surface area contributed by atoms with Gasteiger partial charge in [-0.05, 0) is 36.8 Å². The Morgan fingerprint density at radius 2 is 2.00 bits per heavy atom. The van der Waals surface area contributed by atoms with E-state index in [0.29, 0.717) is 6.07 Å². The maximum atomic E-state index is 12.8. The smallest absolute Gasteiger partial charge is 0.416 e. The van der Waals surface area contributed by atoms with Gasteiger partial charge in [0.25, 0.3) is 0 Å². The Hall–Kier alpha value is -1.84. The molecule has 0 aliphatic carbocycles. The van der Waals surface area contributed by atoms with Crippen LogP contribution < -0.4 is 4.72 Å². The van der Waals surface area contributed by atoms with Gasteiger partial charge in [0.1, 0.15) is 11.9 Å². The average Bonchev–Trinajstić information content (AvgIpc) is 2.98. The first-order valence-corrected chi connectivity index (χ1v) is 7.98. The highest BCUT2D eigenvalue weighted by molar-refractivity contribution is 7.89. The number of benzene rings is 1. The zero-order valence-corrected chi connectivity index (χ0v) is 12.8. The molecule has 0 spiro atoms. The topological polar surface area (TPSA) is 79.5 Å². The van der Waals surface area contributed by atoms with Crippen LogP contribution in [0.5, 0.6) is 0 Å². The molecule has 0 saturated heterocycles. The number of aryl methyl sites for hydroxylation is 1. The summed E-state index contributed by atoms with van der Waals surface area (Å²) < 4.78 is 69.7. The predicted molar refractivity (Wildman–Crippen MR) is 75.0 cm³/mol. The minimum Gasteiger partial charge on any atom is -0.467 e. The molecule has 126 valence electrons. The minimum atomic E-state index is -4.65. The van der Waals surface area contributed by atoms with Gasteiger partial charge in [-0.25, -0.2) is 13.1 Å². The van der Waals surface area contributed by atoms with Crippen molar-refractivity contribution in [3.8, 4) is 0 Å². The standard InChI is InChI=1S/C14H14F3NO4S/c1-9-4-5-10(7-11(9)14(15,16)17)23(20,21)18-8-12(19)13-3-2-6-22-13/h2-7,12,18-19H,8H2,1H3. The van der Waals surface area contributed by atoms with Crippen LogP contribution in [-0.4, -0.2) is 20.1 Å². The van der Waals surface area contributed by atoms with Gasteiger partial charge in [0.05, 0.1) is 16.7 Å². The van der Waals surface area contributed by atoms with Crippen molar-refractivity contribution < 1.29 is 31.1 Å². The second-order valence-corrected chi connectivity index (χ2v) is 6.62. The third-order valence-corrected chi connectivity index (χ3v) is 4.58. The SMILES string of the molecule is Cc1ccc(S(=O)(=O)NCC(O)c2ccco2)cc1C(F)(F)F. The molecule has 9 heteroatoms. The number of furan rings is 1. The molecule has 2 rings (SSSR count). The summed E-state index contributed by atoms with van der Waals surface area (Å²) in [5.41, 5.74) is -1.10. The first-order valence-electron chi connectivity index (χ1n) is 6.50. The lowest BCUT2D eigenvalue weighted by atomic mass is 10.1. The molecule has 0 aliphatic rings. The van der Waals surface area contributed by atoms with E-state index in [1.54, 1.807) is 0 Å². The zero-order chi connectivity index (χ0) is 17.3. The van der Waals surface area contributed by atoms with Crippen LogP contribution in [0.3, 0.4) is 0 Å². The van der Waals surface area contributed by atoms with E-state index >= 15 is 0 Å². The van der Waals surface area contributed by atoms with Crippen LogP contribution in [0.2, 0.25) is 0 Å². The summed E-state index contributed by atoms with van der Waals surface area (Å²) in [5, 5.41) is 9.75. The molecule has 0 saturated carbocycles. The van der Waals surface area contributed by atoms with Crippen LogP contribution >= 0.6 is 0 Å². The molecule has 1 heterocycles. The van der Waals surface area contributed by atoms with E-state index in [9.17, 15) is 26.7 Å². The number of hydrogen-bond acceptors (Lipinski definition) is 4. The van der Waals surface area contributed by atoms with Crippen molar-refractivity contribution in [2.24, 2.45) is 0 Å². The Morgan fingerprint density at radius 3 is 2.57 bits per heavy atom. The summed E-state index contributed by atoms with van der Waals surface area (Å²) in [6, 6.07) is 5.69. The van der Waals surface area contributed by atoms with Gasteiger partial charge in [0.15, 0.2) is 0 Å². The molecule has 0 bridgehead atoms. The van der Waals surface area contributed by atoms with E-state index in [1.807, 2.05) is 0 Å². The number of rotatable bonds is 5. The molecule has 0 radical (unpaired) electrons. The van der Waals surface area contributed by atoms with Crippen LogP contribution in [0.1, 0.15) is 23.0 Å². The highest BCUT2D eigenvalue weighted by Gasteiger charge is 2.33. The van der Waals surface area contributed by atoms with Crippen molar-refractivity contribution in [2.45, 2.75) is 24.1 Å². The lowest BCUT2D eigenvalue weighted by Gasteiger charge is -2.14. The van der Waals surface area contributed by atoms with Gasteiger partial charge in [-0.15, -0.1) is 0 Å². The molecule has 0 amide bonds. The Kier molecular flexibility index (Phi) is 4.83. The zero-order valence-electron chi connectivity index (χ0n) is 12.0. The van der Waals surface area contributed by atoms with Crippen LogP contribution in [-0.2, 0) is 16.2 Å². The van der Waals surface area contributed by atoms with Gasteiger partial charge in [-0.3, -0.25) is 0 Å². The van der Waals surface area contributed by atoms with Crippen molar-refractivity contribution in [2.75, 3.05) is 6.54 Å². The van der Waals surface area contributed by atoms with Crippen molar-refractivity contribution in [3.05, 3.63) is 53.5 Å². The highest BCUT2D eigenvalue weighted by atomic mass is 32.2. The maximum Gasteiger partial charge on any atom is 0.416 e. The molecule has 2 N–H and O–H groups in total. The minimum absolute atomic E-state index is 0.0768. The highest BCUT2D eigenvalue weighted by Crippen LogP contribution is 2.33. The second-order valence-electron chi connectivity index (χ2n) is 4.86. The third-order valence-electron chi connectivity index (χ3n) is 3.16. The molecule has 1 aromatic carbocycles. The van der Waals surface area contributed by atoms with Crippen molar-refractivity contribution >= 4 is 10.0 Å². The lowest BCUT2D eigenvalue weighted by molar-refractivity contribution is -0.138. The molecule has 1 atom stereocenters. The van der Waals surface area contributed by atoms with Gasteiger partial charge in [-0.2, -0.15) is 13.2 Å². The first kappa shape index (κ1) is 17.5. The van der Waals surface area contributed by atoms with Gasteiger partial charge in [0.2, 0.25) is 10.0 Å². The summed E-state index contributed by atoms with van der Waals surface area (Å²) in [6.07, 6.45) is -4.58. The molecular formula is C14H14F3NO4S. The van der Waals surface area contributed by atoms with Gasteiger partial charge >= 0.3 is 6.18 Å². The van der Waals surface area contributed by atoms with E-state index in [1.165, 1.54) is 25.3 Å². The van der Waals surface area contributed by atoms with Crippen molar-refractivity contribution in [3.63, 3.8) is 0 Å². The van der Waals surface area contributed by atoms with Gasteiger partial charge in [0, 0.05) is 6.54 Å². The van der Waals surface area contributed by atoms with E-state index in [4.69, 9.17) is 4.42 Å². The average molecular weight is 349 g/mol. The Balaban J connectivity index is 2.20. The largest absolute Gasteiger partial charge is 0.467 e. The number of aliphatic hydroxyl groups is 1. The van der Waals surface area contributed by atoms with Gasteiger partial charge < -0.3 is 9.52 Å². The van der Waals surface area contributed by atoms with E-state index in [2.05, 4.69) is 4.72 Å². The number of nitrogens with one attached hydrogen (secondary N) is 1. The molecule has 0 aliphatic heterocycles. The number of aliphatic hydroxyl groups excluding tert-OH is 1. The number of alkyl halides is 3. The van der Waals surface area contributed by atoms with E-state index < -0.39 is 39.3 Å². The van der Waals surface area contributed by atoms with E-state index in [0.717, 1.165) is 12.1 Å². The molecular weight excluding hydrogens is 335 g/mol. The lowest BCUT2D eigenvalue weighted by Crippen LogP contribution is -2.28. The van der Waals surface area contributed by atoms with Crippen molar-refractivity contribution in [1.82, 2.24) is 4.72 Å². The molecule has 1 aromatic heterocycles. The van der Waals surface area contributed by atoms with Crippen LogP contribution in [0.4, 0.5) is 13.2 Å². The fourth-order valence-electron chi connectivity index (χ4n) is 1.93. The molecule has 5 nitrogen and oxygen atoms in total. The number of sulfonamides is 1. The Bertz CT molecular complexity index is 770. The normalized spacial score (nSPS) is 14.0. The molecule has 1 unspecified atom stereocenters. The number of halogens is 3. The summed E-state index contributed by atoms with van der Waals surface area (Å²) in [4.78, 5) is -0.526. The molecule has 0 fully saturated rings. The monoisotopic (exact) mass is 349 g/mol. The van der Waals surface area contributed by atoms with Crippen LogP contribution in [0.15, 0.2) is 45.9 Å².